The topological polar surface area (TPSA) is 87.2 Å². The zero-order valence-corrected chi connectivity index (χ0v) is 15.0. The Morgan fingerprint density at radius 2 is 2.23 bits per heavy atom. The van der Waals surface area contributed by atoms with E-state index in [4.69, 9.17) is 14.0 Å². The summed E-state index contributed by atoms with van der Waals surface area (Å²) in [6.07, 6.45) is 0. The second-order valence-corrected chi connectivity index (χ2v) is 6.34. The van der Waals surface area contributed by atoms with Crippen molar-refractivity contribution in [2.75, 3.05) is 13.7 Å². The number of methoxy groups -OCH3 is 1. The number of fused-ring (bicyclic) bond motifs is 1. The van der Waals surface area contributed by atoms with Gasteiger partial charge in [0.15, 0.2) is 0 Å². The maximum absolute atomic E-state index is 5.86. The number of aromatic nitrogens is 4. The molecule has 1 aliphatic heterocycles. The van der Waals surface area contributed by atoms with Gasteiger partial charge in [-0.3, -0.25) is 4.68 Å². The largest absolute Gasteiger partial charge is 0.491 e. The van der Waals surface area contributed by atoms with Crippen molar-refractivity contribution in [3.8, 4) is 17.1 Å². The third-order valence-electron chi connectivity index (χ3n) is 4.42. The van der Waals surface area contributed by atoms with Crippen LogP contribution in [0.4, 0.5) is 0 Å². The Bertz CT molecular complexity index is 917. The molecule has 0 aliphatic carbocycles. The molecule has 0 bridgehead atoms. The van der Waals surface area contributed by atoms with E-state index in [0.29, 0.717) is 24.9 Å². The molecule has 4 rings (SSSR count). The summed E-state index contributed by atoms with van der Waals surface area (Å²) in [6, 6.07) is 8.21. The summed E-state index contributed by atoms with van der Waals surface area (Å²) in [5, 5.41) is 11.9. The summed E-state index contributed by atoms with van der Waals surface area (Å²) in [6.45, 7) is 3.62. The molecule has 0 saturated heterocycles. The van der Waals surface area contributed by atoms with Crippen molar-refractivity contribution in [3.63, 3.8) is 0 Å². The minimum Gasteiger partial charge on any atom is -0.491 e. The quantitative estimate of drug-likeness (QED) is 0.725. The van der Waals surface area contributed by atoms with Gasteiger partial charge in [-0.2, -0.15) is 10.1 Å². The van der Waals surface area contributed by atoms with Gasteiger partial charge in [0.2, 0.25) is 5.82 Å². The molecule has 1 aliphatic rings. The highest BCUT2D eigenvalue weighted by Gasteiger charge is 2.25. The van der Waals surface area contributed by atoms with E-state index >= 15 is 0 Å². The monoisotopic (exact) mass is 355 g/mol. The number of aryl methyl sites for hydroxylation is 2. The van der Waals surface area contributed by atoms with Crippen LogP contribution < -0.4 is 10.1 Å². The van der Waals surface area contributed by atoms with Crippen LogP contribution in [-0.4, -0.2) is 33.6 Å². The van der Waals surface area contributed by atoms with Crippen molar-refractivity contribution in [1.82, 2.24) is 25.2 Å². The normalized spacial score (nSPS) is 15.9. The lowest BCUT2D eigenvalue weighted by molar-refractivity contribution is 0.151. The van der Waals surface area contributed by atoms with Crippen LogP contribution in [0, 0.1) is 6.92 Å². The fourth-order valence-electron chi connectivity index (χ4n) is 3.13. The van der Waals surface area contributed by atoms with Crippen molar-refractivity contribution < 1.29 is 14.0 Å². The second-order valence-electron chi connectivity index (χ2n) is 6.34. The minimum absolute atomic E-state index is 0.142. The molecule has 3 heterocycles. The molecule has 26 heavy (non-hydrogen) atoms. The van der Waals surface area contributed by atoms with Crippen LogP contribution in [0.2, 0.25) is 0 Å². The van der Waals surface area contributed by atoms with E-state index in [0.717, 1.165) is 34.8 Å². The average molecular weight is 355 g/mol. The Hall–Kier alpha value is -2.71. The van der Waals surface area contributed by atoms with Gasteiger partial charge in [0.25, 0.3) is 5.89 Å². The Labute approximate surface area is 151 Å². The molecule has 3 aromatic rings. The fourth-order valence-corrected chi connectivity index (χ4v) is 3.13. The van der Waals surface area contributed by atoms with Crippen molar-refractivity contribution >= 4 is 0 Å². The van der Waals surface area contributed by atoms with Gasteiger partial charge in [-0.15, -0.1) is 0 Å². The van der Waals surface area contributed by atoms with Crippen LogP contribution in [0.15, 0.2) is 28.8 Å². The van der Waals surface area contributed by atoms with Gasteiger partial charge >= 0.3 is 0 Å². The first-order chi connectivity index (χ1) is 12.6. The Morgan fingerprint density at radius 3 is 3.00 bits per heavy atom. The molecule has 8 heteroatoms. The highest BCUT2D eigenvalue weighted by molar-refractivity contribution is 5.60. The molecule has 1 aromatic carbocycles. The molecular weight excluding hydrogens is 334 g/mol. The predicted molar refractivity (Wildman–Crippen MR) is 93.5 cm³/mol. The summed E-state index contributed by atoms with van der Waals surface area (Å²) in [4.78, 5) is 4.32. The van der Waals surface area contributed by atoms with E-state index in [1.807, 2.05) is 30.8 Å². The molecule has 2 aromatic heterocycles. The van der Waals surface area contributed by atoms with Gasteiger partial charge in [0.05, 0.1) is 17.4 Å². The van der Waals surface area contributed by atoms with E-state index in [9.17, 15) is 0 Å². The van der Waals surface area contributed by atoms with Crippen molar-refractivity contribution in [2.24, 2.45) is 7.05 Å². The Balaban J connectivity index is 1.48. The smallest absolute Gasteiger partial charge is 0.252 e. The van der Waals surface area contributed by atoms with Gasteiger partial charge in [-0.25, -0.2) is 0 Å². The molecule has 0 fully saturated rings. The average Bonchev–Trinajstić information content (AvgIpc) is 3.32. The first-order valence-corrected chi connectivity index (χ1v) is 8.45. The molecule has 136 valence electrons. The van der Waals surface area contributed by atoms with Crippen LogP contribution in [-0.2, 0) is 24.9 Å². The van der Waals surface area contributed by atoms with Gasteiger partial charge in [0, 0.05) is 31.8 Å². The van der Waals surface area contributed by atoms with Crippen LogP contribution in [0.3, 0.4) is 0 Å². The molecule has 0 spiro atoms. The number of hydrogen-bond acceptors (Lipinski definition) is 7. The molecule has 0 radical (unpaired) electrons. The second kappa shape index (κ2) is 6.89. The Morgan fingerprint density at radius 1 is 1.35 bits per heavy atom. The van der Waals surface area contributed by atoms with Gasteiger partial charge in [-0.1, -0.05) is 17.3 Å². The van der Waals surface area contributed by atoms with Gasteiger partial charge in [-0.05, 0) is 19.1 Å². The van der Waals surface area contributed by atoms with Crippen molar-refractivity contribution in [2.45, 2.75) is 26.1 Å². The molecule has 0 amide bonds. The summed E-state index contributed by atoms with van der Waals surface area (Å²) >= 11 is 0. The first kappa shape index (κ1) is 16.7. The molecule has 1 unspecified atom stereocenters. The molecule has 1 N–H and O–H groups in total. The van der Waals surface area contributed by atoms with Crippen LogP contribution in [0.5, 0.6) is 5.75 Å². The van der Waals surface area contributed by atoms with Crippen molar-refractivity contribution in [1.29, 1.82) is 0 Å². The van der Waals surface area contributed by atoms with Gasteiger partial charge < -0.3 is 19.3 Å². The van der Waals surface area contributed by atoms with E-state index in [1.54, 1.807) is 7.11 Å². The number of rotatable bonds is 6. The van der Waals surface area contributed by atoms with Crippen LogP contribution >= 0.6 is 0 Å². The number of nitrogens with one attached hydrogen (secondary N) is 1. The summed E-state index contributed by atoms with van der Waals surface area (Å²) < 4.78 is 17.9. The van der Waals surface area contributed by atoms with Gasteiger partial charge in [0.1, 0.15) is 19.0 Å². The standard InChI is InChI=1S/C18H21N5O3/c1-11-6-13(23(2)21-11)8-19-15-9-25-16-7-12(4-5-14(15)16)18-20-17(10-24-3)26-22-18/h4-7,15,19H,8-10H2,1-3H3. The lowest BCUT2D eigenvalue weighted by Gasteiger charge is -2.11. The van der Waals surface area contributed by atoms with E-state index in [-0.39, 0.29) is 6.04 Å². The Kier molecular flexibility index (Phi) is 4.44. The fraction of sp³-hybridized carbons (Fsp3) is 0.389. The summed E-state index contributed by atoms with van der Waals surface area (Å²) in [5.41, 5.74) is 4.15. The summed E-state index contributed by atoms with van der Waals surface area (Å²) in [7, 11) is 3.55. The third-order valence-corrected chi connectivity index (χ3v) is 4.42. The predicted octanol–water partition coefficient (Wildman–Crippen LogP) is 2.15. The molecule has 1 atom stereocenters. The van der Waals surface area contributed by atoms with E-state index in [2.05, 4.69) is 32.7 Å². The number of hydrogen-bond donors (Lipinski definition) is 1. The summed E-state index contributed by atoms with van der Waals surface area (Å²) in [5.74, 6) is 1.83. The molecule has 0 saturated carbocycles. The highest BCUT2D eigenvalue weighted by atomic mass is 16.5. The van der Waals surface area contributed by atoms with Crippen molar-refractivity contribution in [3.05, 3.63) is 47.1 Å². The highest BCUT2D eigenvalue weighted by Crippen LogP contribution is 2.35. The van der Waals surface area contributed by atoms with Crippen LogP contribution in [0.25, 0.3) is 11.4 Å². The van der Waals surface area contributed by atoms with E-state index < -0.39 is 0 Å². The zero-order valence-electron chi connectivity index (χ0n) is 15.0. The maximum atomic E-state index is 5.86. The SMILES string of the molecule is COCc1nc(-c2ccc3c(c2)OCC3NCc2cc(C)nn2C)no1. The number of benzene rings is 1. The lowest BCUT2D eigenvalue weighted by Crippen LogP contribution is -2.23. The zero-order chi connectivity index (χ0) is 18.1. The lowest BCUT2D eigenvalue weighted by atomic mass is 10.1. The maximum Gasteiger partial charge on any atom is 0.252 e. The number of ether oxygens (including phenoxy) is 2. The van der Waals surface area contributed by atoms with Crippen LogP contribution in [0.1, 0.15) is 28.9 Å². The molecule has 8 nitrogen and oxygen atoms in total. The van der Waals surface area contributed by atoms with E-state index in [1.165, 1.54) is 0 Å². The first-order valence-electron chi connectivity index (χ1n) is 8.45. The minimum atomic E-state index is 0.142. The number of nitrogens with zero attached hydrogens (tertiary/aromatic N) is 4. The molecular formula is C18H21N5O3. The third kappa shape index (κ3) is 3.21.